The van der Waals surface area contributed by atoms with Crippen molar-refractivity contribution in [3.63, 3.8) is 0 Å². The lowest BCUT2D eigenvalue weighted by Crippen LogP contribution is -2.33. The summed E-state index contributed by atoms with van der Waals surface area (Å²) in [6, 6.07) is 10.1. The van der Waals surface area contributed by atoms with Crippen LogP contribution in [0.1, 0.15) is 20.8 Å². The van der Waals surface area contributed by atoms with Gasteiger partial charge in [-0.3, -0.25) is 5.01 Å². The molecule has 17 heavy (non-hydrogen) atoms. The highest BCUT2D eigenvalue weighted by molar-refractivity contribution is 6.00. The molecule has 3 nitrogen and oxygen atoms in total. The quantitative estimate of drug-likeness (QED) is 0.804. The first-order chi connectivity index (χ1) is 7.97. The van der Waals surface area contributed by atoms with Crippen LogP contribution in [0.4, 0.5) is 5.69 Å². The van der Waals surface area contributed by atoms with E-state index in [-0.39, 0.29) is 5.41 Å². The van der Waals surface area contributed by atoms with Crippen LogP contribution in [0.25, 0.3) is 0 Å². The van der Waals surface area contributed by atoms with E-state index < -0.39 is 0 Å². The van der Waals surface area contributed by atoms with Gasteiger partial charge in [0.15, 0.2) is 0 Å². The fraction of sp³-hybridized carbons (Fsp3) is 0.357. The van der Waals surface area contributed by atoms with E-state index in [4.69, 9.17) is 5.73 Å². The Bertz CT molecular complexity index is 452. The molecule has 0 fully saturated rings. The van der Waals surface area contributed by atoms with Crippen LogP contribution >= 0.6 is 0 Å². The van der Waals surface area contributed by atoms with E-state index in [1.807, 2.05) is 41.4 Å². The Hall–Kier alpha value is -1.77. The van der Waals surface area contributed by atoms with Gasteiger partial charge in [0, 0.05) is 11.1 Å². The minimum absolute atomic E-state index is 0.0120. The molecular weight excluding hydrogens is 210 g/mol. The Labute approximate surface area is 103 Å². The molecule has 0 unspecified atom stereocenters. The summed E-state index contributed by atoms with van der Waals surface area (Å²) < 4.78 is 0. The second-order valence-electron chi connectivity index (χ2n) is 5.35. The van der Waals surface area contributed by atoms with Gasteiger partial charge in [0.2, 0.25) is 0 Å². The highest BCUT2D eigenvalue weighted by Gasteiger charge is 2.22. The summed E-state index contributed by atoms with van der Waals surface area (Å²) in [6.07, 6.45) is 1.99. The molecule has 2 rings (SSSR count). The number of nitrogens with zero attached hydrogens (tertiary/aromatic N) is 2. The summed E-state index contributed by atoms with van der Waals surface area (Å²) in [5, 5.41) is 6.62. The van der Waals surface area contributed by atoms with Gasteiger partial charge in [-0.25, -0.2) is 0 Å². The monoisotopic (exact) mass is 229 g/mol. The van der Waals surface area contributed by atoms with Crippen molar-refractivity contribution in [1.82, 2.24) is 0 Å². The van der Waals surface area contributed by atoms with Crippen molar-refractivity contribution in [1.29, 1.82) is 0 Å². The van der Waals surface area contributed by atoms with Crippen molar-refractivity contribution in [2.75, 3.05) is 11.6 Å². The van der Waals surface area contributed by atoms with E-state index in [1.54, 1.807) is 0 Å². The van der Waals surface area contributed by atoms with Crippen LogP contribution in [-0.2, 0) is 0 Å². The lowest BCUT2D eigenvalue weighted by molar-refractivity contribution is 0.586. The van der Waals surface area contributed by atoms with E-state index >= 15 is 0 Å². The molecule has 0 aliphatic carbocycles. The molecule has 0 saturated heterocycles. The minimum Gasteiger partial charge on any atom is -0.400 e. The molecule has 3 heteroatoms. The van der Waals surface area contributed by atoms with Crippen LogP contribution in [0.5, 0.6) is 0 Å². The van der Waals surface area contributed by atoms with Gasteiger partial charge in [-0.1, -0.05) is 39.0 Å². The molecule has 0 aromatic heterocycles. The van der Waals surface area contributed by atoms with E-state index in [1.165, 1.54) is 0 Å². The molecule has 0 atom stereocenters. The Morgan fingerprint density at radius 3 is 2.41 bits per heavy atom. The molecule has 0 amide bonds. The lowest BCUT2D eigenvalue weighted by atomic mass is 9.89. The van der Waals surface area contributed by atoms with Gasteiger partial charge in [-0.05, 0) is 18.2 Å². The number of allylic oxidation sites excluding steroid dienone is 1. The van der Waals surface area contributed by atoms with Gasteiger partial charge >= 0.3 is 0 Å². The number of hydrogen-bond donors (Lipinski definition) is 1. The Balaban J connectivity index is 2.34. The molecule has 2 N–H and O–H groups in total. The fourth-order valence-electron chi connectivity index (χ4n) is 1.70. The average molecular weight is 229 g/mol. The van der Waals surface area contributed by atoms with Crippen molar-refractivity contribution in [2.24, 2.45) is 16.3 Å². The first-order valence-electron chi connectivity index (χ1n) is 5.84. The van der Waals surface area contributed by atoms with E-state index in [2.05, 4.69) is 25.9 Å². The molecule has 1 aromatic carbocycles. The Kier molecular flexibility index (Phi) is 2.92. The zero-order valence-corrected chi connectivity index (χ0v) is 10.6. The predicted octanol–water partition coefficient (Wildman–Crippen LogP) is 2.75. The molecule has 1 aromatic rings. The maximum Gasteiger partial charge on any atom is 0.0811 e. The number of nitrogens with two attached hydrogens (primary N) is 1. The Morgan fingerprint density at radius 2 is 1.82 bits per heavy atom. The molecule has 0 spiro atoms. The molecule has 1 heterocycles. The van der Waals surface area contributed by atoms with Gasteiger partial charge in [-0.2, -0.15) is 5.10 Å². The van der Waals surface area contributed by atoms with Crippen LogP contribution < -0.4 is 10.7 Å². The Morgan fingerprint density at radius 1 is 1.18 bits per heavy atom. The largest absolute Gasteiger partial charge is 0.400 e. The summed E-state index contributed by atoms with van der Waals surface area (Å²) in [5.74, 6) is 0. The van der Waals surface area contributed by atoms with Gasteiger partial charge in [0.1, 0.15) is 0 Å². The van der Waals surface area contributed by atoms with Crippen molar-refractivity contribution >= 4 is 11.4 Å². The normalized spacial score (nSPS) is 16.5. The fourth-order valence-corrected chi connectivity index (χ4v) is 1.70. The van der Waals surface area contributed by atoms with E-state index in [0.29, 0.717) is 6.54 Å². The second kappa shape index (κ2) is 4.24. The summed E-state index contributed by atoms with van der Waals surface area (Å²) in [7, 11) is 0. The number of benzene rings is 1. The van der Waals surface area contributed by atoms with E-state index in [9.17, 15) is 0 Å². The standard InChI is InChI=1S/C14H19N3/c1-14(2,3)13-9-11(15)10-17(16-13)12-7-5-4-6-8-12/h4-9H,10,15H2,1-3H3. The van der Waals surface area contributed by atoms with Crippen molar-refractivity contribution < 1.29 is 0 Å². The minimum atomic E-state index is 0.0120. The highest BCUT2D eigenvalue weighted by atomic mass is 15.5. The molecule has 1 aliphatic heterocycles. The molecule has 0 saturated carbocycles. The zero-order valence-electron chi connectivity index (χ0n) is 10.6. The van der Waals surface area contributed by atoms with Crippen molar-refractivity contribution in [3.05, 3.63) is 42.1 Å². The lowest BCUT2D eigenvalue weighted by Gasteiger charge is -2.29. The highest BCUT2D eigenvalue weighted by Crippen LogP contribution is 2.24. The first-order valence-corrected chi connectivity index (χ1v) is 5.84. The molecule has 1 aliphatic rings. The number of rotatable bonds is 1. The van der Waals surface area contributed by atoms with Crippen LogP contribution in [0.15, 0.2) is 47.2 Å². The van der Waals surface area contributed by atoms with Gasteiger partial charge in [-0.15, -0.1) is 0 Å². The third-order valence-electron chi connectivity index (χ3n) is 2.71. The van der Waals surface area contributed by atoms with Crippen molar-refractivity contribution in [3.8, 4) is 0 Å². The van der Waals surface area contributed by atoms with Gasteiger partial charge in [0.25, 0.3) is 0 Å². The number of anilines is 1. The second-order valence-corrected chi connectivity index (χ2v) is 5.35. The van der Waals surface area contributed by atoms with Crippen molar-refractivity contribution in [2.45, 2.75) is 20.8 Å². The number of hydrogen-bond acceptors (Lipinski definition) is 3. The topological polar surface area (TPSA) is 41.6 Å². The number of para-hydroxylation sites is 1. The maximum atomic E-state index is 5.99. The smallest absolute Gasteiger partial charge is 0.0811 e. The van der Waals surface area contributed by atoms with Gasteiger partial charge < -0.3 is 5.73 Å². The van der Waals surface area contributed by atoms with Crippen LogP contribution in [0.2, 0.25) is 0 Å². The third-order valence-corrected chi connectivity index (χ3v) is 2.71. The molecule has 90 valence electrons. The SMILES string of the molecule is CC(C)(C)C1=NN(c2ccccc2)CC(N)=C1. The van der Waals surface area contributed by atoms with E-state index in [0.717, 1.165) is 17.1 Å². The maximum absolute atomic E-state index is 5.99. The first kappa shape index (κ1) is 11.7. The number of hydrazone groups is 1. The average Bonchev–Trinajstić information content (AvgIpc) is 2.28. The van der Waals surface area contributed by atoms with Crippen LogP contribution in [0, 0.1) is 5.41 Å². The zero-order chi connectivity index (χ0) is 12.5. The van der Waals surface area contributed by atoms with Gasteiger partial charge in [0.05, 0.1) is 17.9 Å². The predicted molar refractivity (Wildman–Crippen MR) is 72.9 cm³/mol. The molecule has 0 bridgehead atoms. The third kappa shape index (κ3) is 2.67. The molecule has 0 radical (unpaired) electrons. The van der Waals surface area contributed by atoms with Crippen LogP contribution in [-0.4, -0.2) is 12.3 Å². The summed E-state index contributed by atoms with van der Waals surface area (Å²) in [4.78, 5) is 0. The summed E-state index contributed by atoms with van der Waals surface area (Å²) in [5.41, 5.74) is 8.95. The van der Waals surface area contributed by atoms with Crippen LogP contribution in [0.3, 0.4) is 0 Å². The summed E-state index contributed by atoms with van der Waals surface area (Å²) in [6.45, 7) is 7.09. The summed E-state index contributed by atoms with van der Waals surface area (Å²) >= 11 is 0. The molecular formula is C14H19N3.